The summed E-state index contributed by atoms with van der Waals surface area (Å²) in [6, 6.07) is 6.77. The number of halogens is 1. The van der Waals surface area contributed by atoms with Gasteiger partial charge in [0.2, 0.25) is 0 Å². The van der Waals surface area contributed by atoms with E-state index in [9.17, 15) is 12.8 Å². The number of hydrogen-bond donors (Lipinski definition) is 1. The van der Waals surface area contributed by atoms with Gasteiger partial charge in [0.15, 0.2) is 9.84 Å². The van der Waals surface area contributed by atoms with E-state index in [1.54, 1.807) is 0 Å². The minimum absolute atomic E-state index is 0.175. The molecule has 1 saturated heterocycles. The lowest BCUT2D eigenvalue weighted by Gasteiger charge is -2.21. The summed E-state index contributed by atoms with van der Waals surface area (Å²) in [6.45, 7) is 2.86. The second-order valence-corrected chi connectivity index (χ2v) is 8.15. The van der Waals surface area contributed by atoms with Crippen LogP contribution in [0.3, 0.4) is 0 Å². The molecule has 2 atom stereocenters. The number of benzene rings is 1. The maximum atomic E-state index is 13.0. The standard InChI is InChI=1S/C16H24FNO2S/c1-2-3-4-16(14-5-7-15(17)8-6-14)18-11-13-9-10-21(19,20)12-13/h5-8,13,16,18H,2-4,9-12H2,1H3. The summed E-state index contributed by atoms with van der Waals surface area (Å²) in [6.07, 6.45) is 3.94. The lowest BCUT2D eigenvalue weighted by Crippen LogP contribution is -2.28. The molecule has 3 nitrogen and oxygen atoms in total. The van der Waals surface area contributed by atoms with Crippen molar-refractivity contribution in [2.45, 2.75) is 38.6 Å². The van der Waals surface area contributed by atoms with Crippen molar-refractivity contribution in [2.24, 2.45) is 5.92 Å². The molecule has 0 bridgehead atoms. The molecule has 1 aliphatic heterocycles. The Morgan fingerprint density at radius 2 is 2.05 bits per heavy atom. The number of unbranched alkanes of at least 4 members (excludes halogenated alkanes) is 1. The SMILES string of the molecule is CCCCC(NCC1CCS(=O)(=O)C1)c1ccc(F)cc1. The molecule has 0 amide bonds. The van der Waals surface area contributed by atoms with E-state index in [1.165, 1.54) is 12.1 Å². The topological polar surface area (TPSA) is 46.2 Å². The maximum Gasteiger partial charge on any atom is 0.150 e. The Kier molecular flexibility index (Phi) is 5.76. The molecule has 5 heteroatoms. The van der Waals surface area contributed by atoms with Gasteiger partial charge < -0.3 is 5.32 Å². The van der Waals surface area contributed by atoms with Crippen molar-refractivity contribution in [2.75, 3.05) is 18.1 Å². The van der Waals surface area contributed by atoms with Crippen LogP contribution in [0, 0.1) is 11.7 Å². The molecule has 2 rings (SSSR count). The van der Waals surface area contributed by atoms with Gasteiger partial charge in [0.25, 0.3) is 0 Å². The van der Waals surface area contributed by atoms with Crippen molar-refractivity contribution in [3.63, 3.8) is 0 Å². The fraction of sp³-hybridized carbons (Fsp3) is 0.625. The highest BCUT2D eigenvalue weighted by Crippen LogP contribution is 2.23. The highest BCUT2D eigenvalue weighted by atomic mass is 32.2. The molecule has 1 aromatic rings. The summed E-state index contributed by atoms with van der Waals surface area (Å²) in [5, 5.41) is 3.48. The summed E-state index contributed by atoms with van der Waals surface area (Å²) in [5.74, 6) is 0.592. The first kappa shape index (κ1) is 16.4. The van der Waals surface area contributed by atoms with Gasteiger partial charge in [0.05, 0.1) is 11.5 Å². The van der Waals surface area contributed by atoms with Crippen LogP contribution in [0.1, 0.15) is 44.2 Å². The summed E-state index contributed by atoms with van der Waals surface area (Å²) >= 11 is 0. The molecule has 1 aromatic carbocycles. The van der Waals surface area contributed by atoms with Crippen molar-refractivity contribution in [1.82, 2.24) is 5.32 Å². The van der Waals surface area contributed by atoms with E-state index in [0.29, 0.717) is 18.1 Å². The lowest BCUT2D eigenvalue weighted by atomic mass is 10.00. The average molecular weight is 313 g/mol. The zero-order valence-corrected chi connectivity index (χ0v) is 13.3. The van der Waals surface area contributed by atoms with Gasteiger partial charge in [0.1, 0.15) is 5.82 Å². The Morgan fingerprint density at radius 1 is 1.33 bits per heavy atom. The number of nitrogens with one attached hydrogen (secondary N) is 1. The largest absolute Gasteiger partial charge is 0.310 e. The number of hydrogen-bond acceptors (Lipinski definition) is 3. The molecular weight excluding hydrogens is 289 g/mol. The Labute approximate surface area is 126 Å². The second kappa shape index (κ2) is 7.36. The van der Waals surface area contributed by atoms with Crippen LogP contribution in [-0.4, -0.2) is 26.5 Å². The van der Waals surface area contributed by atoms with E-state index < -0.39 is 9.84 Å². The first-order chi connectivity index (χ1) is 10.00. The molecule has 1 fully saturated rings. The number of rotatable bonds is 7. The van der Waals surface area contributed by atoms with E-state index in [1.807, 2.05) is 12.1 Å². The van der Waals surface area contributed by atoms with Crippen LogP contribution in [0.25, 0.3) is 0 Å². The minimum atomic E-state index is -2.82. The third-order valence-corrected chi connectivity index (χ3v) is 5.94. The van der Waals surface area contributed by atoms with E-state index in [4.69, 9.17) is 0 Å². The van der Waals surface area contributed by atoms with Gasteiger partial charge in [-0.25, -0.2) is 12.8 Å². The first-order valence-corrected chi connectivity index (χ1v) is 9.51. The second-order valence-electron chi connectivity index (χ2n) is 5.92. The Bertz CT molecular complexity index is 542. The summed E-state index contributed by atoms with van der Waals surface area (Å²) in [7, 11) is -2.82. The van der Waals surface area contributed by atoms with Gasteiger partial charge >= 0.3 is 0 Å². The predicted molar refractivity (Wildman–Crippen MR) is 83.4 cm³/mol. The van der Waals surface area contributed by atoms with E-state index in [0.717, 1.165) is 31.2 Å². The zero-order chi connectivity index (χ0) is 15.3. The molecule has 0 saturated carbocycles. The normalized spacial score (nSPS) is 22.3. The van der Waals surface area contributed by atoms with Gasteiger partial charge in [-0.05, 0) is 43.0 Å². The van der Waals surface area contributed by atoms with Crippen LogP contribution >= 0.6 is 0 Å². The lowest BCUT2D eigenvalue weighted by molar-refractivity contribution is 0.430. The van der Waals surface area contributed by atoms with E-state index in [2.05, 4.69) is 12.2 Å². The zero-order valence-electron chi connectivity index (χ0n) is 12.5. The maximum absolute atomic E-state index is 13.0. The fourth-order valence-electron chi connectivity index (χ4n) is 2.83. The summed E-state index contributed by atoms with van der Waals surface area (Å²) in [4.78, 5) is 0. The molecule has 21 heavy (non-hydrogen) atoms. The Hall–Kier alpha value is -0.940. The third kappa shape index (κ3) is 5.08. The number of sulfone groups is 1. The molecule has 0 aliphatic carbocycles. The smallest absolute Gasteiger partial charge is 0.150 e. The van der Waals surface area contributed by atoms with Crippen LogP contribution in [0.4, 0.5) is 4.39 Å². The molecule has 0 spiro atoms. The van der Waals surface area contributed by atoms with Gasteiger partial charge in [-0.1, -0.05) is 31.9 Å². The molecule has 1 heterocycles. The molecule has 1 N–H and O–H groups in total. The van der Waals surface area contributed by atoms with Crippen LogP contribution in [0.5, 0.6) is 0 Å². The van der Waals surface area contributed by atoms with Crippen molar-refractivity contribution in [3.8, 4) is 0 Å². The fourth-order valence-corrected chi connectivity index (χ4v) is 4.69. The first-order valence-electron chi connectivity index (χ1n) is 7.69. The molecule has 118 valence electrons. The van der Waals surface area contributed by atoms with Crippen LogP contribution < -0.4 is 5.32 Å². The van der Waals surface area contributed by atoms with Gasteiger partial charge in [-0.3, -0.25) is 0 Å². The molecule has 2 unspecified atom stereocenters. The molecule has 0 aromatic heterocycles. The third-order valence-electron chi connectivity index (χ3n) is 4.10. The van der Waals surface area contributed by atoms with Crippen molar-refractivity contribution in [3.05, 3.63) is 35.6 Å². The van der Waals surface area contributed by atoms with Crippen molar-refractivity contribution < 1.29 is 12.8 Å². The monoisotopic (exact) mass is 313 g/mol. The molecular formula is C16H24FNO2S. The minimum Gasteiger partial charge on any atom is -0.310 e. The highest BCUT2D eigenvalue weighted by molar-refractivity contribution is 7.91. The van der Waals surface area contributed by atoms with Gasteiger partial charge in [-0.15, -0.1) is 0 Å². The molecule has 0 radical (unpaired) electrons. The van der Waals surface area contributed by atoms with Crippen molar-refractivity contribution >= 4 is 9.84 Å². The quantitative estimate of drug-likeness (QED) is 0.841. The predicted octanol–water partition coefficient (Wildman–Crippen LogP) is 3.08. The van der Waals surface area contributed by atoms with Crippen LogP contribution in [0.2, 0.25) is 0 Å². The highest BCUT2D eigenvalue weighted by Gasteiger charge is 2.28. The Balaban J connectivity index is 1.95. The van der Waals surface area contributed by atoms with Crippen LogP contribution in [-0.2, 0) is 9.84 Å². The van der Waals surface area contributed by atoms with E-state index >= 15 is 0 Å². The average Bonchev–Trinajstić information content (AvgIpc) is 2.80. The van der Waals surface area contributed by atoms with Gasteiger partial charge in [0, 0.05) is 6.04 Å². The summed E-state index contributed by atoms with van der Waals surface area (Å²) in [5.41, 5.74) is 1.07. The Morgan fingerprint density at radius 3 is 2.62 bits per heavy atom. The van der Waals surface area contributed by atoms with Crippen LogP contribution in [0.15, 0.2) is 24.3 Å². The van der Waals surface area contributed by atoms with Crippen molar-refractivity contribution in [1.29, 1.82) is 0 Å². The summed E-state index contributed by atoms with van der Waals surface area (Å²) < 4.78 is 36.0. The van der Waals surface area contributed by atoms with Gasteiger partial charge in [-0.2, -0.15) is 0 Å². The van der Waals surface area contributed by atoms with E-state index in [-0.39, 0.29) is 17.8 Å². The molecule has 1 aliphatic rings.